The van der Waals surface area contributed by atoms with Gasteiger partial charge in [0.05, 0.1) is 24.2 Å². The van der Waals surface area contributed by atoms with Crippen LogP contribution in [0.1, 0.15) is 23.0 Å². The van der Waals surface area contributed by atoms with Gasteiger partial charge in [0.1, 0.15) is 5.56 Å². The molecule has 2 heterocycles. The first-order chi connectivity index (χ1) is 9.51. The topological polar surface area (TPSA) is 92.3 Å². The molecule has 2 N–H and O–H groups in total. The third kappa shape index (κ3) is 2.87. The van der Waals surface area contributed by atoms with Crippen LogP contribution in [0.3, 0.4) is 0 Å². The highest BCUT2D eigenvalue weighted by atomic mass is 16.5. The molecule has 20 heavy (non-hydrogen) atoms. The van der Waals surface area contributed by atoms with Crippen LogP contribution in [0.5, 0.6) is 11.8 Å². The first kappa shape index (κ1) is 13.9. The third-order valence-electron chi connectivity index (χ3n) is 2.53. The van der Waals surface area contributed by atoms with Crippen LogP contribution < -0.4 is 10.5 Å². The highest BCUT2D eigenvalue weighted by Gasteiger charge is 2.18. The maximum Gasteiger partial charge on any atom is 0.343 e. The van der Waals surface area contributed by atoms with Crippen molar-refractivity contribution in [3.05, 3.63) is 29.6 Å². The van der Waals surface area contributed by atoms with Gasteiger partial charge in [-0.1, -0.05) is 0 Å². The SMILES string of the molecule is CCOC(=O)c1cc(N)cnc1Oc1cc(C)nn1C. The number of hydrogen-bond acceptors (Lipinski definition) is 6. The van der Waals surface area contributed by atoms with Crippen LogP contribution in [0.2, 0.25) is 0 Å². The number of carbonyl (C=O) groups excluding carboxylic acids is 1. The number of carbonyl (C=O) groups is 1. The zero-order valence-electron chi connectivity index (χ0n) is 11.6. The second-order valence-corrected chi connectivity index (χ2v) is 4.19. The molecule has 2 aromatic heterocycles. The number of hydrogen-bond donors (Lipinski definition) is 1. The molecular weight excluding hydrogens is 260 g/mol. The van der Waals surface area contributed by atoms with Crippen molar-refractivity contribution in [1.29, 1.82) is 0 Å². The monoisotopic (exact) mass is 276 g/mol. The molecule has 0 aliphatic rings. The van der Waals surface area contributed by atoms with Crippen molar-refractivity contribution in [2.75, 3.05) is 12.3 Å². The van der Waals surface area contributed by atoms with E-state index in [9.17, 15) is 4.79 Å². The maximum absolute atomic E-state index is 11.9. The average Bonchev–Trinajstić information content (AvgIpc) is 2.70. The summed E-state index contributed by atoms with van der Waals surface area (Å²) in [6.45, 7) is 3.83. The van der Waals surface area contributed by atoms with Crippen LogP contribution in [0.4, 0.5) is 5.69 Å². The van der Waals surface area contributed by atoms with Crippen LogP contribution in [0.15, 0.2) is 18.3 Å². The number of aromatic nitrogens is 3. The van der Waals surface area contributed by atoms with Gasteiger partial charge in [-0.3, -0.25) is 0 Å². The molecule has 106 valence electrons. The lowest BCUT2D eigenvalue weighted by atomic mass is 10.2. The normalized spacial score (nSPS) is 10.3. The van der Waals surface area contributed by atoms with Gasteiger partial charge in [0.25, 0.3) is 0 Å². The van der Waals surface area contributed by atoms with E-state index < -0.39 is 5.97 Å². The molecule has 0 spiro atoms. The molecular formula is C13H16N4O3. The van der Waals surface area contributed by atoms with Gasteiger partial charge >= 0.3 is 5.97 Å². The summed E-state index contributed by atoms with van der Waals surface area (Å²) in [6.07, 6.45) is 1.42. The Bertz CT molecular complexity index is 637. The maximum atomic E-state index is 11.9. The smallest absolute Gasteiger partial charge is 0.343 e. The van der Waals surface area contributed by atoms with Crippen molar-refractivity contribution in [3.8, 4) is 11.8 Å². The second-order valence-electron chi connectivity index (χ2n) is 4.19. The molecule has 0 atom stereocenters. The Balaban J connectivity index is 2.36. The highest BCUT2D eigenvalue weighted by Crippen LogP contribution is 2.25. The lowest BCUT2D eigenvalue weighted by Crippen LogP contribution is -2.09. The first-order valence-electron chi connectivity index (χ1n) is 6.12. The zero-order valence-corrected chi connectivity index (χ0v) is 11.6. The van der Waals surface area contributed by atoms with Crippen LogP contribution in [-0.2, 0) is 11.8 Å². The minimum atomic E-state index is -0.527. The fourth-order valence-electron chi connectivity index (χ4n) is 1.69. The van der Waals surface area contributed by atoms with Crippen LogP contribution in [0, 0.1) is 6.92 Å². The Hall–Kier alpha value is -2.57. The number of anilines is 1. The van der Waals surface area contributed by atoms with Gasteiger partial charge in [0.15, 0.2) is 0 Å². The van der Waals surface area contributed by atoms with Crippen molar-refractivity contribution in [2.45, 2.75) is 13.8 Å². The van der Waals surface area contributed by atoms with E-state index in [1.807, 2.05) is 6.92 Å². The number of nitrogen functional groups attached to an aromatic ring is 1. The van der Waals surface area contributed by atoms with Gasteiger partial charge in [-0.25, -0.2) is 14.5 Å². The number of rotatable bonds is 4. The van der Waals surface area contributed by atoms with E-state index in [1.165, 1.54) is 12.3 Å². The molecule has 0 aromatic carbocycles. The van der Waals surface area contributed by atoms with Crippen LogP contribution >= 0.6 is 0 Å². The van der Waals surface area contributed by atoms with E-state index in [4.69, 9.17) is 15.2 Å². The van der Waals surface area contributed by atoms with Crippen LogP contribution in [0.25, 0.3) is 0 Å². The summed E-state index contributed by atoms with van der Waals surface area (Å²) >= 11 is 0. The minimum absolute atomic E-state index is 0.139. The van der Waals surface area contributed by atoms with E-state index in [-0.39, 0.29) is 18.1 Å². The summed E-state index contributed by atoms with van der Waals surface area (Å²) in [6, 6.07) is 3.22. The fourth-order valence-corrected chi connectivity index (χ4v) is 1.69. The second kappa shape index (κ2) is 5.60. The molecule has 0 unspecified atom stereocenters. The Kier molecular flexibility index (Phi) is 3.88. The lowest BCUT2D eigenvalue weighted by Gasteiger charge is -2.09. The van der Waals surface area contributed by atoms with E-state index in [0.717, 1.165) is 5.69 Å². The molecule has 0 aliphatic carbocycles. The van der Waals surface area contributed by atoms with Crippen molar-refractivity contribution in [2.24, 2.45) is 7.05 Å². The van der Waals surface area contributed by atoms with Gasteiger partial charge in [0.2, 0.25) is 11.8 Å². The first-order valence-corrected chi connectivity index (χ1v) is 6.12. The van der Waals surface area contributed by atoms with E-state index in [2.05, 4.69) is 10.1 Å². The summed E-state index contributed by atoms with van der Waals surface area (Å²) in [7, 11) is 1.74. The Labute approximate surface area is 116 Å². The Morgan fingerprint density at radius 1 is 1.45 bits per heavy atom. The number of nitrogens with two attached hydrogens (primary N) is 1. The molecule has 0 bridgehead atoms. The molecule has 0 amide bonds. The molecule has 2 aromatic rings. The van der Waals surface area contributed by atoms with Crippen molar-refractivity contribution >= 4 is 11.7 Å². The predicted molar refractivity (Wildman–Crippen MR) is 72.6 cm³/mol. The zero-order chi connectivity index (χ0) is 14.7. The average molecular weight is 276 g/mol. The third-order valence-corrected chi connectivity index (χ3v) is 2.53. The van der Waals surface area contributed by atoms with E-state index in [1.54, 1.807) is 24.7 Å². The molecule has 0 saturated heterocycles. The van der Waals surface area contributed by atoms with Crippen molar-refractivity contribution < 1.29 is 14.3 Å². The van der Waals surface area contributed by atoms with Crippen LogP contribution in [-0.4, -0.2) is 27.3 Å². The molecule has 0 aliphatic heterocycles. The molecule has 7 heteroatoms. The number of ether oxygens (including phenoxy) is 2. The largest absolute Gasteiger partial charge is 0.462 e. The molecule has 0 saturated carbocycles. The van der Waals surface area contributed by atoms with Crippen molar-refractivity contribution in [1.82, 2.24) is 14.8 Å². The molecule has 0 fully saturated rings. The van der Waals surface area contributed by atoms with Gasteiger partial charge in [0, 0.05) is 13.1 Å². The standard InChI is InChI=1S/C13H16N4O3/c1-4-19-13(18)10-6-9(14)7-15-12(10)20-11-5-8(2)16-17(11)3/h5-7H,4,14H2,1-3H3. The minimum Gasteiger partial charge on any atom is -0.462 e. The van der Waals surface area contributed by atoms with Crippen molar-refractivity contribution in [3.63, 3.8) is 0 Å². The Morgan fingerprint density at radius 2 is 2.20 bits per heavy atom. The van der Waals surface area contributed by atoms with Gasteiger partial charge in [-0.2, -0.15) is 5.10 Å². The molecule has 2 rings (SSSR count). The Morgan fingerprint density at radius 3 is 2.80 bits per heavy atom. The quantitative estimate of drug-likeness (QED) is 0.854. The van der Waals surface area contributed by atoms with Gasteiger partial charge in [-0.05, 0) is 19.9 Å². The number of pyridine rings is 1. The summed E-state index contributed by atoms with van der Waals surface area (Å²) in [5.41, 5.74) is 7.00. The van der Waals surface area contributed by atoms with E-state index >= 15 is 0 Å². The summed E-state index contributed by atoms with van der Waals surface area (Å²) in [5, 5.41) is 4.16. The summed E-state index contributed by atoms with van der Waals surface area (Å²) in [5.74, 6) is 0.0900. The highest BCUT2D eigenvalue weighted by molar-refractivity contribution is 5.92. The lowest BCUT2D eigenvalue weighted by molar-refractivity contribution is 0.0522. The molecule has 0 radical (unpaired) electrons. The number of nitrogens with zero attached hydrogens (tertiary/aromatic N) is 3. The summed E-state index contributed by atoms with van der Waals surface area (Å²) in [4.78, 5) is 15.9. The number of esters is 1. The van der Waals surface area contributed by atoms with E-state index in [0.29, 0.717) is 11.6 Å². The number of aryl methyl sites for hydroxylation is 2. The molecule has 7 nitrogen and oxygen atoms in total. The predicted octanol–water partition coefficient (Wildman–Crippen LogP) is 1.67. The fraction of sp³-hybridized carbons (Fsp3) is 0.308. The van der Waals surface area contributed by atoms with Gasteiger partial charge < -0.3 is 15.2 Å². The summed E-state index contributed by atoms with van der Waals surface area (Å²) < 4.78 is 12.1. The van der Waals surface area contributed by atoms with Gasteiger partial charge in [-0.15, -0.1) is 0 Å².